The van der Waals surface area contributed by atoms with Crippen LogP contribution in [0.5, 0.6) is 0 Å². The number of rotatable bonds is 7. The van der Waals surface area contributed by atoms with E-state index >= 15 is 0 Å². The highest BCUT2D eigenvalue weighted by atomic mass is 35.5. The number of hydrogen-bond donors (Lipinski definition) is 1. The van der Waals surface area contributed by atoms with Crippen LogP contribution in [-0.2, 0) is 22.1 Å². The SMILES string of the molecule is CN(CC(=O)Nc1ccccc1Cl)C(=O)CSc1nnc(-c2ccc(C(C)(C)C)cc2)n1C. The van der Waals surface area contributed by atoms with Gasteiger partial charge in [0.25, 0.3) is 0 Å². The second kappa shape index (κ2) is 10.4. The highest BCUT2D eigenvalue weighted by Gasteiger charge is 2.18. The predicted octanol–water partition coefficient (Wildman–Crippen LogP) is 4.62. The Morgan fingerprint density at radius 2 is 1.76 bits per heavy atom. The van der Waals surface area contributed by atoms with Crippen molar-refractivity contribution in [3.05, 3.63) is 59.1 Å². The zero-order chi connectivity index (χ0) is 24.2. The summed E-state index contributed by atoms with van der Waals surface area (Å²) in [4.78, 5) is 26.2. The molecule has 2 aromatic carbocycles. The fourth-order valence-corrected chi connectivity index (χ4v) is 4.14. The third-order valence-electron chi connectivity index (χ3n) is 5.12. The standard InChI is InChI=1S/C24H28ClN5O2S/c1-24(2,3)17-12-10-16(11-13-17)22-27-28-23(30(22)5)33-15-21(32)29(4)14-20(31)26-19-9-7-6-8-18(19)25/h6-13H,14-15H2,1-5H3,(H,26,31). The van der Waals surface area contributed by atoms with Crippen LogP contribution in [-0.4, -0.2) is 50.8 Å². The fourth-order valence-electron chi connectivity index (χ4n) is 3.10. The molecule has 0 atom stereocenters. The maximum atomic E-state index is 12.5. The number of aromatic nitrogens is 3. The molecule has 3 aromatic rings. The molecule has 1 N–H and O–H groups in total. The lowest BCUT2D eigenvalue weighted by atomic mass is 9.87. The summed E-state index contributed by atoms with van der Waals surface area (Å²) in [7, 11) is 3.47. The topological polar surface area (TPSA) is 80.1 Å². The van der Waals surface area contributed by atoms with Crippen LogP contribution >= 0.6 is 23.4 Å². The van der Waals surface area contributed by atoms with Gasteiger partial charge in [-0.05, 0) is 23.1 Å². The summed E-state index contributed by atoms with van der Waals surface area (Å²) in [5.41, 5.74) is 2.80. The van der Waals surface area contributed by atoms with Gasteiger partial charge in [-0.1, -0.05) is 80.5 Å². The van der Waals surface area contributed by atoms with Gasteiger partial charge in [-0.2, -0.15) is 0 Å². The maximum Gasteiger partial charge on any atom is 0.244 e. The molecule has 1 heterocycles. The number of hydrogen-bond acceptors (Lipinski definition) is 5. The molecule has 0 spiro atoms. The van der Waals surface area contributed by atoms with E-state index in [0.717, 1.165) is 11.4 Å². The first kappa shape index (κ1) is 24.8. The van der Waals surface area contributed by atoms with Crippen molar-refractivity contribution < 1.29 is 9.59 Å². The Labute approximate surface area is 203 Å². The number of halogens is 1. The van der Waals surface area contributed by atoms with E-state index in [9.17, 15) is 9.59 Å². The second-order valence-electron chi connectivity index (χ2n) is 8.76. The number of para-hydroxylation sites is 1. The molecule has 0 radical (unpaired) electrons. The van der Waals surface area contributed by atoms with Gasteiger partial charge < -0.3 is 14.8 Å². The third kappa shape index (κ3) is 6.36. The molecular weight excluding hydrogens is 458 g/mol. The quantitative estimate of drug-likeness (QED) is 0.494. The van der Waals surface area contributed by atoms with E-state index in [2.05, 4.69) is 48.4 Å². The van der Waals surface area contributed by atoms with Gasteiger partial charge in [-0.3, -0.25) is 9.59 Å². The minimum atomic E-state index is -0.316. The lowest BCUT2D eigenvalue weighted by Gasteiger charge is -2.19. The summed E-state index contributed by atoms with van der Waals surface area (Å²) in [6.45, 7) is 6.45. The average Bonchev–Trinajstić information content (AvgIpc) is 3.13. The van der Waals surface area contributed by atoms with Crippen molar-refractivity contribution in [2.24, 2.45) is 7.05 Å². The Kier molecular flexibility index (Phi) is 7.81. The number of thioether (sulfide) groups is 1. The van der Waals surface area contributed by atoms with E-state index in [1.54, 1.807) is 31.3 Å². The largest absolute Gasteiger partial charge is 0.336 e. The molecule has 0 bridgehead atoms. The molecule has 1 aromatic heterocycles. The van der Waals surface area contributed by atoms with Crippen LogP contribution in [0.3, 0.4) is 0 Å². The molecule has 0 aliphatic rings. The van der Waals surface area contributed by atoms with Crippen LogP contribution < -0.4 is 5.32 Å². The molecule has 0 fully saturated rings. The highest BCUT2D eigenvalue weighted by molar-refractivity contribution is 7.99. The smallest absolute Gasteiger partial charge is 0.244 e. The molecule has 0 saturated heterocycles. The second-order valence-corrected chi connectivity index (χ2v) is 10.1. The lowest BCUT2D eigenvalue weighted by Crippen LogP contribution is -2.36. The first-order valence-electron chi connectivity index (χ1n) is 10.5. The summed E-state index contributed by atoms with van der Waals surface area (Å²) < 4.78 is 1.87. The molecule has 33 heavy (non-hydrogen) atoms. The Hall–Kier alpha value is -2.84. The number of anilines is 1. The summed E-state index contributed by atoms with van der Waals surface area (Å²) in [6.07, 6.45) is 0. The molecule has 2 amide bonds. The summed E-state index contributed by atoms with van der Waals surface area (Å²) in [5, 5.41) is 12.3. The third-order valence-corrected chi connectivity index (χ3v) is 6.46. The monoisotopic (exact) mass is 485 g/mol. The van der Waals surface area contributed by atoms with Crippen molar-refractivity contribution >= 4 is 40.9 Å². The zero-order valence-corrected chi connectivity index (χ0v) is 21.0. The highest BCUT2D eigenvalue weighted by Crippen LogP contribution is 2.27. The van der Waals surface area contributed by atoms with Gasteiger partial charge in [0.15, 0.2) is 11.0 Å². The van der Waals surface area contributed by atoms with Gasteiger partial charge >= 0.3 is 0 Å². The first-order chi connectivity index (χ1) is 15.6. The minimum Gasteiger partial charge on any atom is -0.336 e. The molecule has 0 aliphatic heterocycles. The van der Waals surface area contributed by atoms with Crippen molar-refractivity contribution in [2.45, 2.75) is 31.3 Å². The normalized spacial score (nSPS) is 11.3. The van der Waals surface area contributed by atoms with Crippen LogP contribution in [0.15, 0.2) is 53.7 Å². The average molecular weight is 486 g/mol. The van der Waals surface area contributed by atoms with E-state index in [1.807, 2.05) is 23.7 Å². The van der Waals surface area contributed by atoms with Crippen molar-refractivity contribution in [3.8, 4) is 11.4 Å². The molecule has 0 unspecified atom stereocenters. The van der Waals surface area contributed by atoms with Gasteiger partial charge in [0, 0.05) is 19.7 Å². The van der Waals surface area contributed by atoms with Gasteiger partial charge in [-0.15, -0.1) is 10.2 Å². The van der Waals surface area contributed by atoms with E-state index < -0.39 is 0 Å². The van der Waals surface area contributed by atoms with Crippen LogP contribution in [0.4, 0.5) is 5.69 Å². The fraction of sp³-hybridized carbons (Fsp3) is 0.333. The molecule has 0 saturated carbocycles. The Bertz CT molecular complexity index is 1140. The number of nitrogens with one attached hydrogen (secondary N) is 1. The van der Waals surface area contributed by atoms with Gasteiger partial charge in [0.1, 0.15) is 0 Å². The molecule has 3 rings (SSSR count). The zero-order valence-electron chi connectivity index (χ0n) is 19.4. The number of likely N-dealkylation sites (N-methyl/N-ethyl adjacent to an activating group) is 1. The van der Waals surface area contributed by atoms with E-state index in [-0.39, 0.29) is 29.5 Å². The summed E-state index contributed by atoms with van der Waals surface area (Å²) in [6, 6.07) is 15.2. The lowest BCUT2D eigenvalue weighted by molar-refractivity contribution is -0.131. The summed E-state index contributed by atoms with van der Waals surface area (Å²) in [5.74, 6) is 0.375. The summed E-state index contributed by atoms with van der Waals surface area (Å²) >= 11 is 7.34. The van der Waals surface area contributed by atoms with Gasteiger partial charge in [-0.25, -0.2) is 0 Å². The van der Waals surface area contributed by atoms with Crippen molar-refractivity contribution in [1.29, 1.82) is 0 Å². The molecular formula is C24H28ClN5O2S. The van der Waals surface area contributed by atoms with Crippen molar-refractivity contribution in [1.82, 2.24) is 19.7 Å². The van der Waals surface area contributed by atoms with E-state index in [0.29, 0.717) is 15.9 Å². The molecule has 7 nitrogen and oxygen atoms in total. The number of carbonyl (C=O) groups excluding carboxylic acids is 2. The maximum absolute atomic E-state index is 12.5. The Balaban J connectivity index is 1.56. The van der Waals surface area contributed by atoms with Crippen LogP contribution in [0, 0.1) is 0 Å². The van der Waals surface area contributed by atoms with Crippen molar-refractivity contribution in [2.75, 3.05) is 24.7 Å². The molecule has 9 heteroatoms. The molecule has 0 aliphatic carbocycles. The Morgan fingerprint density at radius 1 is 1.09 bits per heavy atom. The van der Waals surface area contributed by atoms with Crippen LogP contribution in [0.25, 0.3) is 11.4 Å². The van der Waals surface area contributed by atoms with Crippen LogP contribution in [0.2, 0.25) is 5.02 Å². The van der Waals surface area contributed by atoms with Gasteiger partial charge in [0.2, 0.25) is 11.8 Å². The number of amides is 2. The van der Waals surface area contributed by atoms with Gasteiger partial charge in [0.05, 0.1) is 23.0 Å². The number of nitrogens with zero attached hydrogens (tertiary/aromatic N) is 4. The Morgan fingerprint density at radius 3 is 2.39 bits per heavy atom. The number of carbonyl (C=O) groups is 2. The van der Waals surface area contributed by atoms with Crippen LogP contribution in [0.1, 0.15) is 26.3 Å². The minimum absolute atomic E-state index is 0.0746. The first-order valence-corrected chi connectivity index (χ1v) is 11.8. The number of benzene rings is 2. The van der Waals surface area contributed by atoms with E-state index in [4.69, 9.17) is 11.6 Å². The van der Waals surface area contributed by atoms with E-state index in [1.165, 1.54) is 22.2 Å². The predicted molar refractivity (Wildman–Crippen MR) is 134 cm³/mol. The molecule has 174 valence electrons. The van der Waals surface area contributed by atoms with Crippen molar-refractivity contribution in [3.63, 3.8) is 0 Å².